The highest BCUT2D eigenvalue weighted by Gasteiger charge is 2.50. The largest absolute Gasteiger partial charge is 0.355 e. The second-order valence-electron chi connectivity index (χ2n) is 11.5. The van der Waals surface area contributed by atoms with Gasteiger partial charge in [0.2, 0.25) is 5.91 Å². The Hall–Kier alpha value is -3.57. The van der Waals surface area contributed by atoms with Crippen LogP contribution in [0.1, 0.15) is 52.7 Å². The van der Waals surface area contributed by atoms with Gasteiger partial charge in [0.25, 0.3) is 0 Å². The van der Waals surface area contributed by atoms with E-state index in [-0.39, 0.29) is 16.7 Å². The number of aryl methyl sites for hydroxylation is 2. The van der Waals surface area contributed by atoms with Gasteiger partial charge < -0.3 is 9.80 Å². The summed E-state index contributed by atoms with van der Waals surface area (Å²) in [5.41, 5.74) is 8.79. The molecule has 5 heterocycles. The van der Waals surface area contributed by atoms with Crippen LogP contribution in [0.15, 0.2) is 36.5 Å². The zero-order valence-electron chi connectivity index (χ0n) is 22.3. The molecule has 0 unspecified atom stereocenters. The molecule has 0 bridgehead atoms. The molecule has 194 valence electrons. The maximum absolute atomic E-state index is 12.1. The second-order valence-corrected chi connectivity index (χ2v) is 12.3. The van der Waals surface area contributed by atoms with Crippen LogP contribution in [0.3, 0.4) is 0 Å². The van der Waals surface area contributed by atoms with E-state index in [2.05, 4.69) is 49.4 Å². The first-order chi connectivity index (χ1) is 18.3. The average Bonchev–Trinajstić information content (AvgIpc) is 3.54. The number of aromatic nitrogens is 3. The number of hydrogen-bond acceptors (Lipinski definition) is 7. The van der Waals surface area contributed by atoms with Gasteiger partial charge >= 0.3 is 0 Å². The lowest BCUT2D eigenvalue weighted by Crippen LogP contribution is -2.59. The standard InChI is InChI=1S/C30H32N6OS/c1-5-24(37)36-16-30(17-36)10-12-35(15-30)28-22(14-31)25(26-19(2)7-6-11-32-26)21-8-9-29(4,13-23(21)34-28)27-20(3)33-18-38-27/h5-7,11,18H,1,8-10,12-13,15-17H2,2-4H3/t29-/m1/s1. The Balaban J connectivity index is 1.45. The molecule has 38 heavy (non-hydrogen) atoms. The van der Waals surface area contributed by atoms with Crippen molar-refractivity contribution in [3.8, 4) is 17.3 Å². The Bertz CT molecular complexity index is 1500. The van der Waals surface area contributed by atoms with E-state index in [0.717, 1.165) is 91.5 Å². The molecular formula is C30H32N6OS. The van der Waals surface area contributed by atoms with Crippen molar-refractivity contribution in [1.29, 1.82) is 5.26 Å². The van der Waals surface area contributed by atoms with Crippen molar-refractivity contribution in [3.05, 3.63) is 69.5 Å². The zero-order chi connectivity index (χ0) is 26.7. The molecule has 2 fully saturated rings. The average molecular weight is 525 g/mol. The van der Waals surface area contributed by atoms with Crippen LogP contribution in [-0.4, -0.2) is 51.9 Å². The molecule has 0 saturated carbocycles. The van der Waals surface area contributed by atoms with Crippen molar-refractivity contribution in [2.24, 2.45) is 5.41 Å². The maximum atomic E-state index is 12.1. The van der Waals surface area contributed by atoms with Crippen LogP contribution in [0.25, 0.3) is 11.3 Å². The number of pyridine rings is 2. The molecule has 6 rings (SSSR count). The van der Waals surface area contributed by atoms with Gasteiger partial charge in [-0.15, -0.1) is 11.3 Å². The van der Waals surface area contributed by atoms with Gasteiger partial charge in [0.05, 0.1) is 16.9 Å². The topological polar surface area (TPSA) is 86.0 Å². The predicted molar refractivity (Wildman–Crippen MR) is 149 cm³/mol. The minimum atomic E-state index is -0.0428. The van der Waals surface area contributed by atoms with E-state index >= 15 is 0 Å². The number of nitriles is 1. The summed E-state index contributed by atoms with van der Waals surface area (Å²) in [5, 5.41) is 10.5. The molecule has 8 heteroatoms. The van der Waals surface area contributed by atoms with Crippen molar-refractivity contribution < 1.29 is 4.79 Å². The highest BCUT2D eigenvalue weighted by Crippen LogP contribution is 2.47. The highest BCUT2D eigenvalue weighted by molar-refractivity contribution is 7.09. The van der Waals surface area contributed by atoms with Gasteiger partial charge in [-0.3, -0.25) is 9.78 Å². The normalized spacial score (nSPS) is 21.6. The fourth-order valence-electron chi connectivity index (χ4n) is 6.77. The molecule has 7 nitrogen and oxygen atoms in total. The van der Waals surface area contributed by atoms with Crippen LogP contribution in [0.4, 0.5) is 5.82 Å². The summed E-state index contributed by atoms with van der Waals surface area (Å²) in [6, 6.07) is 6.55. The van der Waals surface area contributed by atoms with Crippen molar-refractivity contribution >= 4 is 23.1 Å². The minimum absolute atomic E-state index is 0.00995. The van der Waals surface area contributed by atoms with Crippen LogP contribution in [0.5, 0.6) is 0 Å². The van der Waals surface area contributed by atoms with E-state index < -0.39 is 0 Å². The molecule has 2 saturated heterocycles. The number of anilines is 1. The number of rotatable bonds is 4. The molecule has 0 radical (unpaired) electrons. The molecule has 0 aromatic carbocycles. The van der Waals surface area contributed by atoms with Crippen molar-refractivity contribution in [1.82, 2.24) is 19.9 Å². The summed E-state index contributed by atoms with van der Waals surface area (Å²) in [7, 11) is 0. The lowest BCUT2D eigenvalue weighted by atomic mass is 9.71. The Morgan fingerprint density at radius 1 is 1.24 bits per heavy atom. The number of fused-ring (bicyclic) bond motifs is 1. The molecule has 3 aromatic heterocycles. The molecule has 3 aromatic rings. The van der Waals surface area contributed by atoms with E-state index in [4.69, 9.17) is 9.97 Å². The van der Waals surface area contributed by atoms with E-state index in [9.17, 15) is 10.1 Å². The van der Waals surface area contributed by atoms with E-state index in [1.165, 1.54) is 11.0 Å². The number of carbonyl (C=O) groups is 1. The van der Waals surface area contributed by atoms with Crippen molar-refractivity contribution in [3.63, 3.8) is 0 Å². The number of nitrogens with zero attached hydrogens (tertiary/aromatic N) is 6. The van der Waals surface area contributed by atoms with Crippen LogP contribution in [0.2, 0.25) is 0 Å². The Morgan fingerprint density at radius 2 is 2.05 bits per heavy atom. The first-order valence-electron chi connectivity index (χ1n) is 13.2. The fourth-order valence-corrected chi connectivity index (χ4v) is 7.77. The summed E-state index contributed by atoms with van der Waals surface area (Å²) < 4.78 is 0. The molecule has 1 aliphatic carbocycles. The van der Waals surface area contributed by atoms with Crippen LogP contribution >= 0.6 is 11.3 Å². The lowest BCUT2D eigenvalue weighted by Gasteiger charge is -2.47. The first kappa shape index (κ1) is 24.7. The third-order valence-electron chi connectivity index (χ3n) is 8.78. The second kappa shape index (κ2) is 9.02. The van der Waals surface area contributed by atoms with Gasteiger partial charge in [-0.25, -0.2) is 9.97 Å². The molecule has 1 atom stereocenters. The predicted octanol–water partition coefficient (Wildman–Crippen LogP) is 4.76. The van der Waals surface area contributed by atoms with Crippen LogP contribution < -0.4 is 4.90 Å². The monoisotopic (exact) mass is 524 g/mol. The van der Waals surface area contributed by atoms with Gasteiger partial charge in [-0.05, 0) is 56.4 Å². The zero-order valence-corrected chi connectivity index (χ0v) is 23.1. The third kappa shape index (κ3) is 3.83. The maximum Gasteiger partial charge on any atom is 0.245 e. The van der Waals surface area contributed by atoms with Gasteiger partial charge in [0.1, 0.15) is 17.5 Å². The van der Waals surface area contributed by atoms with Gasteiger partial charge in [0.15, 0.2) is 0 Å². The molecule has 2 aliphatic heterocycles. The minimum Gasteiger partial charge on any atom is -0.355 e. The SMILES string of the molecule is C=CC(=O)N1CC2(CCN(c3nc4c(c(-c5ncccc5C)c3C#N)CC[C@@](C)(c3scnc3C)C4)C2)C1. The summed E-state index contributed by atoms with van der Waals surface area (Å²) >= 11 is 1.73. The van der Waals surface area contributed by atoms with Gasteiger partial charge in [-0.1, -0.05) is 19.6 Å². The summed E-state index contributed by atoms with van der Waals surface area (Å²) in [6.07, 6.45) is 6.82. The quantitative estimate of drug-likeness (QED) is 0.458. The first-order valence-corrected chi connectivity index (χ1v) is 14.1. The van der Waals surface area contributed by atoms with E-state index in [1.807, 2.05) is 22.7 Å². The Morgan fingerprint density at radius 3 is 2.74 bits per heavy atom. The highest BCUT2D eigenvalue weighted by atomic mass is 32.1. The third-order valence-corrected chi connectivity index (χ3v) is 10.0. The summed E-state index contributed by atoms with van der Waals surface area (Å²) in [5.74, 6) is 0.756. The number of likely N-dealkylation sites (tertiary alicyclic amines) is 1. The molecule has 1 amide bonds. The summed E-state index contributed by atoms with van der Waals surface area (Å²) in [4.78, 5) is 32.1. The van der Waals surface area contributed by atoms with Gasteiger partial charge in [-0.2, -0.15) is 5.26 Å². The molecule has 3 aliphatic rings. The number of carbonyl (C=O) groups excluding carboxylic acids is 1. The number of thiazole rings is 1. The van der Waals surface area contributed by atoms with Crippen molar-refractivity contribution in [2.45, 2.75) is 51.9 Å². The van der Waals surface area contributed by atoms with Gasteiger partial charge in [0, 0.05) is 65.8 Å². The van der Waals surface area contributed by atoms with E-state index in [1.54, 1.807) is 11.3 Å². The molecule has 0 N–H and O–H groups in total. The van der Waals surface area contributed by atoms with Crippen LogP contribution in [0, 0.1) is 30.6 Å². The molecular weight excluding hydrogens is 492 g/mol. The van der Waals surface area contributed by atoms with Crippen LogP contribution in [-0.2, 0) is 23.1 Å². The lowest BCUT2D eigenvalue weighted by molar-refractivity contribution is -0.136. The van der Waals surface area contributed by atoms with E-state index in [0.29, 0.717) is 5.56 Å². The van der Waals surface area contributed by atoms with Crippen molar-refractivity contribution in [2.75, 3.05) is 31.1 Å². The summed E-state index contributed by atoms with van der Waals surface area (Å²) in [6.45, 7) is 13.2. The Kier molecular flexibility index (Phi) is 5.88. The fraction of sp³-hybridized carbons (Fsp3) is 0.433. The Labute approximate surface area is 227 Å². The molecule has 1 spiro atoms. The number of hydrogen-bond donors (Lipinski definition) is 0. The number of amides is 1. The smallest absolute Gasteiger partial charge is 0.245 e.